The largest absolute Gasteiger partial charge is 0.457 e. The Kier molecular flexibility index (Phi) is 6.15. The van der Waals surface area contributed by atoms with Gasteiger partial charge in [0.15, 0.2) is 0 Å². The van der Waals surface area contributed by atoms with Crippen LogP contribution < -0.4 is 0 Å². The average molecular weight is 405 g/mol. The Bertz CT molecular complexity index is 932. The number of hydrogen-bond acceptors (Lipinski definition) is 3. The maximum atomic E-state index is 13.5. The number of carbonyl (C=O) groups excluding carboxylic acids is 1. The minimum Gasteiger partial charge on any atom is -0.457 e. The summed E-state index contributed by atoms with van der Waals surface area (Å²) in [4.78, 5) is 16.6. The van der Waals surface area contributed by atoms with E-state index < -0.39 is 29.6 Å². The van der Waals surface area contributed by atoms with Crippen molar-refractivity contribution >= 4 is 17.4 Å². The van der Waals surface area contributed by atoms with Crippen LogP contribution in [0.1, 0.15) is 30.9 Å². The maximum Gasteiger partial charge on any atom is 0.429 e. The molecule has 0 saturated carbocycles. The molecule has 0 spiro atoms. The van der Waals surface area contributed by atoms with E-state index in [1.54, 1.807) is 24.3 Å². The van der Waals surface area contributed by atoms with Gasteiger partial charge in [-0.3, -0.25) is 0 Å². The van der Waals surface area contributed by atoms with Crippen molar-refractivity contribution in [3.05, 3.63) is 77.1 Å². The molecule has 0 saturated heterocycles. The summed E-state index contributed by atoms with van der Waals surface area (Å²) in [7, 11) is 0. The van der Waals surface area contributed by atoms with Crippen LogP contribution in [0.5, 0.6) is 0 Å². The number of benzene rings is 2. The van der Waals surface area contributed by atoms with Crippen LogP contribution in [0.15, 0.2) is 65.2 Å². The number of ether oxygens (including phenoxy) is 1. The Morgan fingerprint density at radius 2 is 1.76 bits per heavy atom. The second-order valence-corrected chi connectivity index (χ2v) is 6.83. The second-order valence-electron chi connectivity index (χ2n) is 6.83. The van der Waals surface area contributed by atoms with Gasteiger partial charge >= 0.3 is 12.1 Å². The van der Waals surface area contributed by atoms with Crippen LogP contribution in [0.25, 0.3) is 5.70 Å². The molecule has 0 amide bonds. The number of aliphatic imine (C=N–C) groups is 1. The zero-order valence-corrected chi connectivity index (χ0v) is 15.7. The molecule has 1 heterocycles. The number of alkyl halides is 3. The van der Waals surface area contributed by atoms with E-state index in [0.717, 1.165) is 17.7 Å². The third kappa shape index (κ3) is 5.10. The van der Waals surface area contributed by atoms with Crippen LogP contribution in [-0.4, -0.2) is 17.9 Å². The normalized spacial score (nSPS) is 17.6. The monoisotopic (exact) mass is 405 g/mol. The lowest BCUT2D eigenvalue weighted by Gasteiger charge is -2.15. The van der Waals surface area contributed by atoms with Crippen LogP contribution in [-0.2, 0) is 16.1 Å². The third-order valence-corrected chi connectivity index (χ3v) is 4.68. The van der Waals surface area contributed by atoms with E-state index in [-0.39, 0.29) is 36.3 Å². The van der Waals surface area contributed by atoms with Gasteiger partial charge in [-0.05, 0) is 42.7 Å². The number of esters is 1. The van der Waals surface area contributed by atoms with Gasteiger partial charge in [-0.25, -0.2) is 14.2 Å². The number of nitrogens with zero attached hydrogens (tertiary/aromatic N) is 1. The molecule has 3 rings (SSSR count). The van der Waals surface area contributed by atoms with Crippen LogP contribution in [0, 0.1) is 11.7 Å². The van der Waals surface area contributed by atoms with Crippen molar-refractivity contribution in [3.63, 3.8) is 0 Å². The lowest BCUT2D eigenvalue weighted by atomic mass is 9.97. The first kappa shape index (κ1) is 20.8. The maximum absolute atomic E-state index is 13.5. The number of rotatable bonds is 4. The Morgan fingerprint density at radius 1 is 1.10 bits per heavy atom. The zero-order valence-electron chi connectivity index (χ0n) is 15.7. The molecule has 0 aliphatic carbocycles. The van der Waals surface area contributed by atoms with Gasteiger partial charge < -0.3 is 4.74 Å². The molecule has 7 heteroatoms. The summed E-state index contributed by atoms with van der Waals surface area (Å²) in [5.74, 6) is -2.15. The summed E-state index contributed by atoms with van der Waals surface area (Å²) < 4.78 is 59.1. The second kappa shape index (κ2) is 8.59. The molecule has 1 aliphatic heterocycles. The first-order valence-electron chi connectivity index (χ1n) is 9.11. The molecule has 0 radical (unpaired) electrons. The minimum absolute atomic E-state index is 0.00866. The highest BCUT2D eigenvalue weighted by molar-refractivity contribution is 6.03. The molecule has 1 aliphatic rings. The van der Waals surface area contributed by atoms with Crippen molar-refractivity contribution in [2.75, 3.05) is 0 Å². The Hall–Kier alpha value is -2.96. The Balaban J connectivity index is 2.01. The van der Waals surface area contributed by atoms with E-state index in [4.69, 9.17) is 4.74 Å². The van der Waals surface area contributed by atoms with Crippen LogP contribution >= 0.6 is 0 Å². The topological polar surface area (TPSA) is 38.7 Å². The molecule has 2 aromatic rings. The molecule has 0 fully saturated rings. The molecule has 1 atom stereocenters. The fraction of sp³-hybridized carbons (Fsp3) is 0.273. The van der Waals surface area contributed by atoms with Crippen LogP contribution in [0.3, 0.4) is 0 Å². The number of halogens is 4. The Labute approximate surface area is 165 Å². The molecule has 1 unspecified atom stereocenters. The summed E-state index contributed by atoms with van der Waals surface area (Å²) in [6.07, 6.45) is -4.46. The Morgan fingerprint density at radius 3 is 2.38 bits per heavy atom. The van der Waals surface area contributed by atoms with Crippen molar-refractivity contribution in [2.24, 2.45) is 10.9 Å². The zero-order chi connectivity index (χ0) is 21.0. The molecule has 0 aromatic heterocycles. The van der Waals surface area contributed by atoms with Crippen molar-refractivity contribution in [1.82, 2.24) is 0 Å². The highest BCUT2D eigenvalue weighted by Crippen LogP contribution is 2.35. The molecular weight excluding hydrogens is 386 g/mol. The quantitative estimate of drug-likeness (QED) is 0.483. The van der Waals surface area contributed by atoms with Crippen molar-refractivity contribution in [3.8, 4) is 0 Å². The lowest BCUT2D eigenvalue weighted by molar-refractivity contribution is -0.140. The van der Waals surface area contributed by atoms with Gasteiger partial charge in [-0.15, -0.1) is 0 Å². The van der Waals surface area contributed by atoms with E-state index >= 15 is 0 Å². The third-order valence-electron chi connectivity index (χ3n) is 4.68. The van der Waals surface area contributed by atoms with E-state index in [9.17, 15) is 22.4 Å². The average Bonchev–Trinajstić information content (AvgIpc) is 2.86. The predicted octanol–water partition coefficient (Wildman–Crippen LogP) is 5.71. The number of hydrogen-bond donors (Lipinski definition) is 0. The van der Waals surface area contributed by atoms with Gasteiger partial charge in [-0.1, -0.05) is 37.3 Å². The van der Waals surface area contributed by atoms with Gasteiger partial charge in [-0.2, -0.15) is 13.2 Å². The van der Waals surface area contributed by atoms with Crippen molar-refractivity contribution < 1.29 is 27.1 Å². The number of carbonyl (C=O) groups is 1. The molecule has 29 heavy (non-hydrogen) atoms. The van der Waals surface area contributed by atoms with Crippen LogP contribution in [0.4, 0.5) is 17.6 Å². The fourth-order valence-electron chi connectivity index (χ4n) is 3.11. The van der Waals surface area contributed by atoms with Gasteiger partial charge in [0, 0.05) is 11.5 Å². The fourth-order valence-corrected chi connectivity index (χ4v) is 3.11. The standard InChI is InChI=1S/C22H19F4NO2/c1-14-7-12-18(21(28)29-13-15-5-3-2-4-6-15)19(27-20(14)22(24,25)26)16-8-10-17(23)11-9-16/h2-6,8-11,14H,7,12-13H2,1H3. The smallest absolute Gasteiger partial charge is 0.429 e. The van der Waals surface area contributed by atoms with Gasteiger partial charge in [0.25, 0.3) is 0 Å². The molecule has 3 nitrogen and oxygen atoms in total. The predicted molar refractivity (Wildman–Crippen MR) is 101 cm³/mol. The van der Waals surface area contributed by atoms with E-state index in [1.165, 1.54) is 19.1 Å². The molecule has 0 bridgehead atoms. The summed E-state index contributed by atoms with van der Waals surface area (Å²) in [6, 6.07) is 13.8. The SMILES string of the molecule is CC1CCC(C(=O)OCc2ccccc2)=C(c2ccc(F)cc2)N=C1C(F)(F)F. The van der Waals surface area contributed by atoms with E-state index in [0.29, 0.717) is 0 Å². The molecular formula is C22H19F4NO2. The van der Waals surface area contributed by atoms with Gasteiger partial charge in [0.2, 0.25) is 0 Å². The molecule has 2 aromatic carbocycles. The first-order valence-corrected chi connectivity index (χ1v) is 9.11. The van der Waals surface area contributed by atoms with Crippen molar-refractivity contribution in [2.45, 2.75) is 32.5 Å². The molecule has 0 N–H and O–H groups in total. The van der Waals surface area contributed by atoms with Crippen molar-refractivity contribution in [1.29, 1.82) is 0 Å². The highest BCUT2D eigenvalue weighted by Gasteiger charge is 2.41. The lowest BCUT2D eigenvalue weighted by Crippen LogP contribution is -2.28. The summed E-state index contributed by atoms with van der Waals surface area (Å²) in [6.45, 7) is 1.41. The van der Waals surface area contributed by atoms with E-state index in [2.05, 4.69) is 4.99 Å². The van der Waals surface area contributed by atoms with Crippen LogP contribution in [0.2, 0.25) is 0 Å². The highest BCUT2D eigenvalue weighted by atomic mass is 19.4. The summed E-state index contributed by atoms with van der Waals surface area (Å²) in [5, 5.41) is 0. The molecule has 152 valence electrons. The minimum atomic E-state index is -4.63. The first-order chi connectivity index (χ1) is 13.8. The summed E-state index contributed by atoms with van der Waals surface area (Å²) >= 11 is 0. The van der Waals surface area contributed by atoms with E-state index in [1.807, 2.05) is 6.07 Å². The van der Waals surface area contributed by atoms with Gasteiger partial charge in [0.1, 0.15) is 18.1 Å². The summed E-state index contributed by atoms with van der Waals surface area (Å²) in [5.41, 5.74) is -0.0405. The van der Waals surface area contributed by atoms with Gasteiger partial charge in [0.05, 0.1) is 11.3 Å².